The Kier molecular flexibility index (Phi) is 12.4. The molecular weight excluding hydrogens is 261 g/mol. The summed E-state index contributed by atoms with van der Waals surface area (Å²) in [4.78, 5) is 0. The molecule has 0 fully saturated rings. The largest absolute Gasteiger partial charge is 0.316 e. The van der Waals surface area contributed by atoms with E-state index in [2.05, 4.69) is 34.8 Å². The molecule has 0 amide bonds. The van der Waals surface area contributed by atoms with Crippen LogP contribution in [0, 0.1) is 0 Å². The van der Waals surface area contributed by atoms with Crippen molar-refractivity contribution >= 4 is 22.6 Å². The van der Waals surface area contributed by atoms with Gasteiger partial charge in [-0.15, -0.1) is 0 Å². The van der Waals surface area contributed by atoms with Crippen LogP contribution in [0.2, 0.25) is 0 Å². The van der Waals surface area contributed by atoms with Crippen LogP contribution in [0.1, 0.15) is 45.4 Å². The molecule has 0 saturated carbocycles. The summed E-state index contributed by atoms with van der Waals surface area (Å²) in [5, 5.41) is 3.42. The van der Waals surface area contributed by atoms with Crippen molar-refractivity contribution in [2.24, 2.45) is 0 Å². The highest BCUT2D eigenvalue weighted by Crippen LogP contribution is 2.03. The van der Waals surface area contributed by atoms with Crippen molar-refractivity contribution in [1.29, 1.82) is 0 Å². The Morgan fingerprint density at radius 3 is 2.25 bits per heavy atom. The topological polar surface area (TPSA) is 12.0 Å². The molecule has 0 rings (SSSR count). The molecule has 0 saturated heterocycles. The summed E-state index contributed by atoms with van der Waals surface area (Å²) in [5.74, 6) is 0. The molecule has 0 aliphatic heterocycles. The van der Waals surface area contributed by atoms with Crippen molar-refractivity contribution in [2.45, 2.75) is 45.4 Å². The summed E-state index contributed by atoms with van der Waals surface area (Å²) in [6, 6.07) is 0. The average Bonchev–Trinajstić information content (AvgIpc) is 2.10. The number of unbranched alkanes of at least 4 members (excludes halogenated alkanes) is 5. The molecule has 0 spiro atoms. The fourth-order valence-electron chi connectivity index (χ4n) is 1.22. The summed E-state index contributed by atoms with van der Waals surface area (Å²) in [7, 11) is 0. The smallest absolute Gasteiger partial charge is 0.0121 e. The molecule has 12 heavy (non-hydrogen) atoms. The molecule has 0 bridgehead atoms. The van der Waals surface area contributed by atoms with E-state index in [0.29, 0.717) is 0 Å². The van der Waals surface area contributed by atoms with Gasteiger partial charge in [-0.3, -0.25) is 0 Å². The Hall–Kier alpha value is 0.690. The second-order valence-electron chi connectivity index (χ2n) is 3.21. The first kappa shape index (κ1) is 12.7. The maximum Gasteiger partial charge on any atom is 0.0121 e. The van der Waals surface area contributed by atoms with E-state index in [4.69, 9.17) is 0 Å². The highest BCUT2D eigenvalue weighted by molar-refractivity contribution is 14.1. The van der Waals surface area contributed by atoms with Gasteiger partial charge in [0.25, 0.3) is 0 Å². The van der Waals surface area contributed by atoms with Gasteiger partial charge in [0.15, 0.2) is 0 Å². The van der Waals surface area contributed by atoms with Crippen LogP contribution in [0.15, 0.2) is 0 Å². The molecule has 0 aliphatic rings. The third kappa shape index (κ3) is 10.7. The second kappa shape index (κ2) is 11.7. The fraction of sp³-hybridized carbons (Fsp3) is 1.00. The molecule has 2 heteroatoms. The predicted molar refractivity (Wildman–Crippen MR) is 65.1 cm³/mol. The lowest BCUT2D eigenvalue weighted by atomic mass is 10.1. The van der Waals surface area contributed by atoms with Crippen LogP contribution >= 0.6 is 22.6 Å². The standard InChI is InChI=1S/C10H22IN/c1-2-3-4-5-6-7-9-12-10-8-11/h12H,2-10H2,1H3. The first-order valence-electron chi connectivity index (χ1n) is 5.18. The average molecular weight is 283 g/mol. The molecule has 1 N–H and O–H groups in total. The van der Waals surface area contributed by atoms with Gasteiger partial charge in [-0.25, -0.2) is 0 Å². The van der Waals surface area contributed by atoms with Crippen molar-refractivity contribution in [3.05, 3.63) is 0 Å². The van der Waals surface area contributed by atoms with E-state index < -0.39 is 0 Å². The molecule has 0 atom stereocenters. The molecule has 0 unspecified atom stereocenters. The normalized spacial score (nSPS) is 10.5. The van der Waals surface area contributed by atoms with Gasteiger partial charge in [-0.1, -0.05) is 61.6 Å². The summed E-state index contributed by atoms with van der Waals surface area (Å²) in [6.45, 7) is 4.66. The number of rotatable bonds is 9. The SMILES string of the molecule is CCCCCCCCNCCI. The fourth-order valence-corrected chi connectivity index (χ4v) is 1.60. The Bertz CT molecular complexity index is 66.2. The number of hydrogen-bond donors (Lipinski definition) is 1. The van der Waals surface area contributed by atoms with Crippen molar-refractivity contribution in [3.63, 3.8) is 0 Å². The Morgan fingerprint density at radius 2 is 1.58 bits per heavy atom. The van der Waals surface area contributed by atoms with Crippen LogP contribution < -0.4 is 5.32 Å². The minimum absolute atomic E-state index is 1.18. The van der Waals surface area contributed by atoms with Gasteiger partial charge in [0.05, 0.1) is 0 Å². The van der Waals surface area contributed by atoms with Gasteiger partial charge in [0, 0.05) is 11.0 Å². The zero-order valence-corrected chi connectivity index (χ0v) is 10.4. The quantitative estimate of drug-likeness (QED) is 0.388. The van der Waals surface area contributed by atoms with Gasteiger partial charge in [0.2, 0.25) is 0 Å². The van der Waals surface area contributed by atoms with Gasteiger partial charge in [-0.2, -0.15) is 0 Å². The zero-order chi connectivity index (χ0) is 9.07. The lowest BCUT2D eigenvalue weighted by Gasteiger charge is -2.01. The van der Waals surface area contributed by atoms with Crippen LogP contribution in [0.3, 0.4) is 0 Å². The van der Waals surface area contributed by atoms with Crippen LogP contribution in [-0.4, -0.2) is 17.5 Å². The van der Waals surface area contributed by atoms with Crippen LogP contribution in [0.5, 0.6) is 0 Å². The number of alkyl halides is 1. The molecule has 0 radical (unpaired) electrons. The molecular formula is C10H22IN. The molecule has 0 aliphatic carbocycles. The number of nitrogens with one attached hydrogen (secondary N) is 1. The van der Waals surface area contributed by atoms with E-state index in [1.165, 1.54) is 56.0 Å². The number of hydrogen-bond acceptors (Lipinski definition) is 1. The lowest BCUT2D eigenvalue weighted by Crippen LogP contribution is -2.17. The summed E-state index contributed by atoms with van der Waals surface area (Å²) >= 11 is 2.40. The Morgan fingerprint density at radius 1 is 0.917 bits per heavy atom. The van der Waals surface area contributed by atoms with E-state index in [1.807, 2.05) is 0 Å². The Labute approximate surface area is 90.8 Å². The predicted octanol–water partition coefficient (Wildman–Crippen LogP) is 3.37. The highest BCUT2D eigenvalue weighted by Gasteiger charge is 1.89. The molecule has 0 aromatic heterocycles. The first-order chi connectivity index (χ1) is 5.91. The van der Waals surface area contributed by atoms with E-state index in [1.54, 1.807) is 0 Å². The van der Waals surface area contributed by atoms with Crippen LogP contribution in [0.4, 0.5) is 0 Å². The Balaban J connectivity index is 2.73. The third-order valence-electron chi connectivity index (χ3n) is 1.98. The minimum atomic E-state index is 1.18. The van der Waals surface area contributed by atoms with Crippen LogP contribution in [-0.2, 0) is 0 Å². The summed E-state index contributed by atoms with van der Waals surface area (Å²) in [5.41, 5.74) is 0. The van der Waals surface area contributed by atoms with Gasteiger partial charge in [0.1, 0.15) is 0 Å². The van der Waals surface area contributed by atoms with E-state index in [9.17, 15) is 0 Å². The molecule has 0 aromatic rings. The molecule has 0 heterocycles. The number of halogens is 1. The van der Waals surface area contributed by atoms with Crippen molar-refractivity contribution in [1.82, 2.24) is 5.32 Å². The third-order valence-corrected chi connectivity index (χ3v) is 2.52. The van der Waals surface area contributed by atoms with Crippen molar-refractivity contribution < 1.29 is 0 Å². The van der Waals surface area contributed by atoms with Crippen molar-refractivity contribution in [3.8, 4) is 0 Å². The zero-order valence-electron chi connectivity index (χ0n) is 8.24. The van der Waals surface area contributed by atoms with Gasteiger partial charge >= 0.3 is 0 Å². The maximum atomic E-state index is 3.42. The summed E-state index contributed by atoms with van der Waals surface area (Å²) < 4.78 is 1.23. The van der Waals surface area contributed by atoms with E-state index in [-0.39, 0.29) is 0 Å². The van der Waals surface area contributed by atoms with Crippen molar-refractivity contribution in [2.75, 3.05) is 17.5 Å². The molecule has 1 nitrogen and oxygen atoms in total. The molecule has 74 valence electrons. The lowest BCUT2D eigenvalue weighted by molar-refractivity contribution is 0.581. The first-order valence-corrected chi connectivity index (χ1v) is 6.71. The molecule has 0 aromatic carbocycles. The minimum Gasteiger partial charge on any atom is -0.316 e. The maximum absolute atomic E-state index is 3.42. The highest BCUT2D eigenvalue weighted by atomic mass is 127. The summed E-state index contributed by atoms with van der Waals surface area (Å²) in [6.07, 6.45) is 8.41. The van der Waals surface area contributed by atoms with Gasteiger partial charge in [-0.05, 0) is 13.0 Å². The van der Waals surface area contributed by atoms with Gasteiger partial charge < -0.3 is 5.32 Å². The van der Waals surface area contributed by atoms with E-state index in [0.717, 1.165) is 0 Å². The second-order valence-corrected chi connectivity index (χ2v) is 4.29. The van der Waals surface area contributed by atoms with Crippen LogP contribution in [0.25, 0.3) is 0 Å². The van der Waals surface area contributed by atoms with E-state index >= 15 is 0 Å². The monoisotopic (exact) mass is 283 g/mol.